The van der Waals surface area contributed by atoms with Gasteiger partial charge in [0.25, 0.3) is 0 Å². The van der Waals surface area contributed by atoms with Crippen molar-refractivity contribution < 1.29 is 38.0 Å². The van der Waals surface area contributed by atoms with Crippen LogP contribution in [0.2, 0.25) is 5.02 Å². The smallest absolute Gasteiger partial charge is 0.112 e. The first-order valence-corrected chi connectivity index (χ1v) is 10.2. The van der Waals surface area contributed by atoms with E-state index >= 15 is 0 Å². The topological polar surface area (TPSA) is 113 Å². The Balaban J connectivity index is 0.000000399. The van der Waals surface area contributed by atoms with E-state index in [1.54, 1.807) is 0 Å². The van der Waals surface area contributed by atoms with E-state index in [0.717, 1.165) is 21.9 Å². The molecule has 0 radical (unpaired) electrons. The van der Waals surface area contributed by atoms with Gasteiger partial charge >= 0.3 is 128 Å². The summed E-state index contributed by atoms with van der Waals surface area (Å²) in [5.41, 5.74) is 2.16. The van der Waals surface area contributed by atoms with Crippen LogP contribution in [0.1, 0.15) is 5.56 Å². The summed E-state index contributed by atoms with van der Waals surface area (Å²) in [7, 11) is -4.94. The normalized spacial score (nSPS) is 10.8. The van der Waals surface area contributed by atoms with E-state index in [-0.39, 0.29) is 14.5 Å². The van der Waals surface area contributed by atoms with E-state index in [1.807, 2.05) is 54.6 Å². The SMILES string of the molecule is Clc1ccc(-c2c[se]c(OCc3ccccc3)[o+]2)cc1.[O-][Cl+3]([O-])([O-])[O-]. The number of hydrogen-bond acceptors (Lipinski definition) is 5. The van der Waals surface area contributed by atoms with Crippen molar-refractivity contribution in [3.8, 4) is 16.1 Å². The third-order valence-corrected chi connectivity index (χ3v) is 4.56. The van der Waals surface area contributed by atoms with E-state index < -0.39 is 10.2 Å². The maximum Gasteiger partial charge on any atom is -0.112 e. The molecule has 3 rings (SSSR count). The number of benzene rings is 2. The van der Waals surface area contributed by atoms with Crippen LogP contribution < -0.4 is 23.4 Å². The van der Waals surface area contributed by atoms with Gasteiger partial charge in [0.2, 0.25) is 0 Å². The molecular weight excluding hydrogens is 438 g/mol. The summed E-state index contributed by atoms with van der Waals surface area (Å²) >= 11 is 5.99. The molecule has 1 aromatic heterocycles. The first-order chi connectivity index (χ1) is 11.8. The summed E-state index contributed by atoms with van der Waals surface area (Å²) in [5.74, 6) is 0.852. The maximum absolute atomic E-state index is 8.49. The molecule has 6 nitrogen and oxygen atoms in total. The molecule has 0 spiro atoms. The Morgan fingerprint density at radius 3 is 2.16 bits per heavy atom. The molecule has 0 saturated carbocycles. The van der Waals surface area contributed by atoms with Gasteiger partial charge in [-0.1, -0.05) is 0 Å². The van der Waals surface area contributed by atoms with Crippen LogP contribution in [0.5, 0.6) is 4.82 Å². The number of ether oxygens (including phenoxy) is 1. The van der Waals surface area contributed by atoms with Gasteiger partial charge < -0.3 is 0 Å². The molecule has 0 unspecified atom stereocenters. The van der Waals surface area contributed by atoms with Gasteiger partial charge in [-0.05, 0) is 0 Å². The van der Waals surface area contributed by atoms with Gasteiger partial charge in [-0.2, -0.15) is 0 Å². The molecule has 0 atom stereocenters. The zero-order valence-corrected chi connectivity index (χ0v) is 15.8. The Labute approximate surface area is 157 Å². The molecule has 0 aliphatic heterocycles. The van der Waals surface area contributed by atoms with Crippen molar-refractivity contribution in [2.24, 2.45) is 0 Å². The first-order valence-electron chi connectivity index (χ1n) is 6.77. The van der Waals surface area contributed by atoms with Crippen molar-refractivity contribution in [2.75, 3.05) is 0 Å². The molecule has 132 valence electrons. The molecule has 9 heteroatoms. The van der Waals surface area contributed by atoms with Gasteiger partial charge in [0.05, 0.1) is 0 Å². The fourth-order valence-electron chi connectivity index (χ4n) is 1.76. The van der Waals surface area contributed by atoms with Crippen molar-refractivity contribution in [3.63, 3.8) is 0 Å². The summed E-state index contributed by atoms with van der Waals surface area (Å²) in [4.78, 5) is 2.78. The van der Waals surface area contributed by atoms with Gasteiger partial charge in [0, 0.05) is 0 Å². The van der Waals surface area contributed by atoms with Crippen LogP contribution in [-0.2, 0) is 6.61 Å². The molecule has 0 fully saturated rings. The predicted octanol–water partition coefficient (Wildman–Crippen LogP) is -0.239. The van der Waals surface area contributed by atoms with Gasteiger partial charge in [-0.25, -0.2) is 18.6 Å². The largest absolute Gasteiger partial charge is 0.222 e. The van der Waals surface area contributed by atoms with Gasteiger partial charge in [-0.15, -0.1) is 10.2 Å². The summed E-state index contributed by atoms with van der Waals surface area (Å²) in [6.07, 6.45) is 0. The van der Waals surface area contributed by atoms with E-state index in [0.29, 0.717) is 11.4 Å². The van der Waals surface area contributed by atoms with Crippen molar-refractivity contribution in [1.29, 1.82) is 0 Å². The summed E-state index contributed by atoms with van der Waals surface area (Å²) < 4.78 is 45.4. The predicted molar refractivity (Wildman–Crippen MR) is 81.3 cm³/mol. The van der Waals surface area contributed by atoms with E-state index in [1.165, 1.54) is 0 Å². The molecule has 3 aromatic rings. The standard InChI is InChI=1S/C16H12ClO2Se.ClHO4/c17-14-8-6-13(7-9-14)15-11-20-16(19-15)18-10-12-4-2-1-3-5-12;2-1(3,4)5/h1-9,11H,10H2;(H,2,3,4,5)/q+1;/p-1. The van der Waals surface area contributed by atoms with Crippen LogP contribution in [0.3, 0.4) is 0 Å². The molecule has 0 amide bonds. The molecule has 1 heterocycles. The average Bonchev–Trinajstić information content (AvgIpc) is 3.02. The van der Waals surface area contributed by atoms with Crippen molar-refractivity contribution in [2.45, 2.75) is 6.61 Å². The second-order valence-corrected chi connectivity index (χ2v) is 7.49. The Hall–Kier alpha value is -1.41. The van der Waals surface area contributed by atoms with Crippen LogP contribution in [0.15, 0.2) is 64.0 Å². The maximum atomic E-state index is 8.49. The van der Waals surface area contributed by atoms with Gasteiger partial charge in [0.1, 0.15) is 0 Å². The van der Waals surface area contributed by atoms with Crippen LogP contribution in [0.25, 0.3) is 11.3 Å². The Kier molecular flexibility index (Phi) is 7.43. The van der Waals surface area contributed by atoms with Crippen molar-refractivity contribution >= 4 is 26.1 Å². The minimum Gasteiger partial charge on any atom is -0.222 e. The number of hydrogen-bond donors (Lipinski definition) is 0. The molecule has 0 bridgehead atoms. The Morgan fingerprint density at radius 1 is 0.960 bits per heavy atom. The summed E-state index contributed by atoms with van der Waals surface area (Å²) in [5, 5.41) is 0.724. The van der Waals surface area contributed by atoms with Crippen LogP contribution in [-0.4, -0.2) is 14.5 Å². The number of rotatable bonds is 4. The zero-order chi connectivity index (χ0) is 18.3. The third-order valence-electron chi connectivity index (χ3n) is 2.78. The zero-order valence-electron chi connectivity index (χ0n) is 12.6. The van der Waals surface area contributed by atoms with Crippen LogP contribution in [0.4, 0.5) is 0 Å². The second kappa shape index (κ2) is 9.33. The quantitative estimate of drug-likeness (QED) is 0.401. The van der Waals surface area contributed by atoms with Crippen LogP contribution >= 0.6 is 11.6 Å². The van der Waals surface area contributed by atoms with Crippen molar-refractivity contribution in [3.05, 3.63) is 70.1 Å². The molecule has 2 aromatic carbocycles. The summed E-state index contributed by atoms with van der Waals surface area (Å²) in [6, 6.07) is 17.7. The average molecular weight is 450 g/mol. The summed E-state index contributed by atoms with van der Waals surface area (Å²) in [6.45, 7) is 0.541. The molecule has 0 aliphatic rings. The molecular formula is C16H12Cl2O6Se. The fourth-order valence-corrected chi connectivity index (χ4v) is 3.26. The van der Waals surface area contributed by atoms with Gasteiger partial charge in [-0.3, -0.25) is 0 Å². The van der Waals surface area contributed by atoms with Gasteiger partial charge in [0.15, 0.2) is 0 Å². The molecule has 25 heavy (non-hydrogen) atoms. The Morgan fingerprint density at radius 2 is 1.56 bits per heavy atom. The fraction of sp³-hybridized carbons (Fsp3) is 0.0625. The second-order valence-electron chi connectivity index (χ2n) is 4.61. The molecule has 0 aliphatic carbocycles. The first kappa shape index (κ1) is 19.9. The number of halogens is 2. The van der Waals surface area contributed by atoms with E-state index in [9.17, 15) is 0 Å². The minimum absolute atomic E-state index is 0.115. The molecule has 0 saturated heterocycles. The van der Waals surface area contributed by atoms with Crippen LogP contribution in [0, 0.1) is 10.2 Å². The molecule has 0 N–H and O–H groups in total. The van der Waals surface area contributed by atoms with E-state index in [2.05, 4.69) is 4.94 Å². The minimum atomic E-state index is -4.94. The monoisotopic (exact) mass is 450 g/mol. The Bertz CT molecular complexity index is 765. The third kappa shape index (κ3) is 8.00. The van der Waals surface area contributed by atoms with Crippen molar-refractivity contribution in [1.82, 2.24) is 0 Å². The van der Waals surface area contributed by atoms with E-state index in [4.69, 9.17) is 39.4 Å².